The maximum atomic E-state index is 4.94. The van der Waals surface area contributed by atoms with Gasteiger partial charge >= 0.3 is 26.2 Å². The van der Waals surface area contributed by atoms with Crippen LogP contribution in [0.3, 0.4) is 0 Å². The predicted molar refractivity (Wildman–Crippen MR) is 130 cm³/mol. The Kier molecular flexibility index (Phi) is 29.2. The van der Waals surface area contributed by atoms with E-state index in [0.29, 0.717) is 0 Å². The molecule has 0 radical (unpaired) electrons. The Bertz CT molecular complexity index is 598. The first kappa shape index (κ1) is 37.0. The fourth-order valence-corrected chi connectivity index (χ4v) is 2.84. The molecule has 184 valence electrons. The number of hydrogen-bond donors (Lipinski definition) is 0. The number of halogens is 2. The first-order chi connectivity index (χ1) is 14.7. The Morgan fingerprint density at radius 3 is 1.12 bits per heavy atom. The Hall–Kier alpha value is -0.577. The molecule has 2 fully saturated rings. The van der Waals surface area contributed by atoms with Gasteiger partial charge in [-0.05, 0) is 39.5 Å². The van der Waals surface area contributed by atoms with Crippen molar-refractivity contribution in [3.05, 3.63) is 70.3 Å². The fraction of sp³-hybridized carbons (Fsp3) is 0.538. The molecule has 2 aliphatic rings. The van der Waals surface area contributed by atoms with Gasteiger partial charge in [-0.3, -0.25) is 0 Å². The van der Waals surface area contributed by atoms with Crippen LogP contribution in [-0.2, 0) is 35.7 Å². The molecule has 0 spiro atoms. The Labute approximate surface area is 233 Å². The van der Waals surface area contributed by atoms with Crippen LogP contribution < -0.4 is 24.8 Å². The van der Waals surface area contributed by atoms with Gasteiger partial charge in [0.25, 0.3) is 0 Å². The van der Waals surface area contributed by atoms with Crippen molar-refractivity contribution in [2.75, 3.05) is 39.5 Å². The monoisotopic (exact) mass is 572 g/mol. The summed E-state index contributed by atoms with van der Waals surface area (Å²) in [5.41, 5.74) is 4.74. The second-order valence-electron chi connectivity index (χ2n) is 7.16. The molecular formula is C26H40Cl2N2O2Zr. The summed E-state index contributed by atoms with van der Waals surface area (Å²) in [7, 11) is 0. The molecule has 2 aromatic rings. The van der Waals surface area contributed by atoms with Crippen molar-refractivity contribution in [3.63, 3.8) is 0 Å². The number of rotatable bonds is 4. The molecule has 4 rings (SSSR count). The smallest absolute Gasteiger partial charge is 1.00 e. The van der Waals surface area contributed by atoms with Crippen molar-refractivity contribution in [2.24, 2.45) is 0 Å². The molecule has 33 heavy (non-hydrogen) atoms. The first-order valence-electron chi connectivity index (χ1n) is 11.3. The summed E-state index contributed by atoms with van der Waals surface area (Å²) in [4.78, 5) is 0. The van der Waals surface area contributed by atoms with Crippen LogP contribution in [0.15, 0.2) is 48.5 Å². The normalized spacial score (nSPS) is 13.0. The maximum Gasteiger partial charge on any atom is 4.00 e. The second kappa shape index (κ2) is 26.0. The molecule has 0 N–H and O–H groups in total. The first-order valence-corrected chi connectivity index (χ1v) is 11.3. The molecular weight excluding hydrogens is 534 g/mol. The summed E-state index contributed by atoms with van der Waals surface area (Å²) in [6.45, 7) is 14.0. The van der Waals surface area contributed by atoms with E-state index < -0.39 is 0 Å². The summed E-state index contributed by atoms with van der Waals surface area (Å²) in [5, 5.41) is 8.61. The number of hydrogen-bond acceptors (Lipinski definition) is 2. The van der Waals surface area contributed by atoms with Gasteiger partial charge in [-0.15, -0.1) is 24.5 Å². The van der Waals surface area contributed by atoms with E-state index in [9.17, 15) is 0 Å². The maximum absolute atomic E-state index is 4.94. The van der Waals surface area contributed by atoms with E-state index in [1.165, 1.54) is 36.8 Å². The van der Waals surface area contributed by atoms with Gasteiger partial charge in [0.2, 0.25) is 0 Å². The van der Waals surface area contributed by atoms with Crippen LogP contribution in [0.1, 0.15) is 50.7 Å². The molecule has 4 nitrogen and oxygen atoms in total. The van der Waals surface area contributed by atoms with Gasteiger partial charge in [0, 0.05) is 26.4 Å². The second-order valence-corrected chi connectivity index (χ2v) is 7.16. The zero-order chi connectivity index (χ0) is 21.9. The van der Waals surface area contributed by atoms with Gasteiger partial charge in [-0.25, -0.2) is 0 Å². The van der Waals surface area contributed by atoms with Crippen LogP contribution >= 0.6 is 0 Å². The third-order valence-electron chi connectivity index (χ3n) is 4.54. The summed E-state index contributed by atoms with van der Waals surface area (Å²) < 4.78 is 9.89. The molecule has 7 heteroatoms. The van der Waals surface area contributed by atoms with Crippen LogP contribution in [0, 0.1) is 13.8 Å². The SMILES string of the molecule is C1CCOC1.C1CCOC1.CC[N-]c1ccccc1C.CC[N-]c1ccccc1C.[Cl-].[Cl-].[Zr+4]. The van der Waals surface area contributed by atoms with Crippen molar-refractivity contribution in [3.8, 4) is 0 Å². The van der Waals surface area contributed by atoms with Gasteiger partial charge in [0.15, 0.2) is 0 Å². The van der Waals surface area contributed by atoms with Gasteiger partial charge in [0.05, 0.1) is 0 Å². The molecule has 0 bridgehead atoms. The Balaban J connectivity index is -0.000000368. The van der Waals surface area contributed by atoms with Crippen molar-refractivity contribution < 1.29 is 60.5 Å². The van der Waals surface area contributed by atoms with E-state index in [1.807, 2.05) is 50.2 Å². The average Bonchev–Trinajstić information content (AvgIpc) is 3.52. The Morgan fingerprint density at radius 2 is 0.909 bits per heavy atom. The summed E-state index contributed by atoms with van der Waals surface area (Å²) in [6, 6.07) is 16.3. The Morgan fingerprint density at radius 1 is 0.606 bits per heavy atom. The van der Waals surface area contributed by atoms with Gasteiger partial charge in [0.1, 0.15) is 0 Å². The van der Waals surface area contributed by atoms with E-state index in [2.05, 4.69) is 36.6 Å². The van der Waals surface area contributed by atoms with Crippen LogP contribution in [0.25, 0.3) is 10.6 Å². The molecule has 0 aliphatic carbocycles. The van der Waals surface area contributed by atoms with Crippen molar-refractivity contribution in [2.45, 2.75) is 53.4 Å². The molecule has 0 unspecified atom stereocenters. The number of benzene rings is 2. The van der Waals surface area contributed by atoms with Gasteiger partial charge < -0.3 is 44.9 Å². The van der Waals surface area contributed by atoms with Gasteiger partial charge in [-0.2, -0.15) is 0 Å². The van der Waals surface area contributed by atoms with E-state index in [1.54, 1.807) is 0 Å². The molecule has 0 amide bonds. The molecule has 2 aromatic carbocycles. The molecule has 2 saturated heterocycles. The van der Waals surface area contributed by atoms with Crippen LogP contribution in [-0.4, -0.2) is 39.5 Å². The van der Waals surface area contributed by atoms with E-state index in [4.69, 9.17) is 9.47 Å². The van der Waals surface area contributed by atoms with Crippen molar-refractivity contribution in [1.82, 2.24) is 0 Å². The minimum absolute atomic E-state index is 0. The minimum atomic E-state index is 0. The molecule has 2 heterocycles. The summed E-state index contributed by atoms with van der Waals surface area (Å²) in [6.07, 6.45) is 5.11. The largest absolute Gasteiger partial charge is 4.00 e. The molecule has 0 atom stereocenters. The minimum Gasteiger partial charge on any atom is -1.00 e. The third kappa shape index (κ3) is 19.4. The number of para-hydroxylation sites is 2. The standard InChI is InChI=1S/2C9H12N.2C4H8O.2ClH.Zr/c2*1-3-10-9-7-5-4-6-8(9)2;2*1-2-4-5-3-1;;;/h2*4-7H,3H2,1-2H3;2*1-4H2;2*1H;/q2*-1;;;;;+4/p-2. The van der Waals surface area contributed by atoms with Crippen molar-refractivity contribution >= 4 is 11.4 Å². The topological polar surface area (TPSA) is 46.7 Å². The number of aryl methyl sites for hydroxylation is 2. The van der Waals surface area contributed by atoms with Crippen LogP contribution in [0.5, 0.6) is 0 Å². The molecule has 0 saturated carbocycles. The van der Waals surface area contributed by atoms with Crippen LogP contribution in [0.4, 0.5) is 11.4 Å². The number of nitrogens with zero attached hydrogens (tertiary/aromatic N) is 2. The quantitative estimate of drug-likeness (QED) is 0.558. The fourth-order valence-electron chi connectivity index (χ4n) is 2.84. The zero-order valence-electron chi connectivity index (χ0n) is 20.7. The number of ether oxygens (including phenoxy) is 2. The van der Waals surface area contributed by atoms with Crippen molar-refractivity contribution in [1.29, 1.82) is 0 Å². The molecule has 0 aromatic heterocycles. The van der Waals surface area contributed by atoms with Crippen LogP contribution in [0.2, 0.25) is 0 Å². The summed E-state index contributed by atoms with van der Waals surface area (Å²) >= 11 is 0. The molecule has 2 aliphatic heterocycles. The van der Waals surface area contributed by atoms with E-state index >= 15 is 0 Å². The van der Waals surface area contributed by atoms with Gasteiger partial charge in [-0.1, -0.05) is 73.5 Å². The summed E-state index contributed by atoms with van der Waals surface area (Å²) in [5.74, 6) is 0. The third-order valence-corrected chi connectivity index (χ3v) is 4.54. The zero-order valence-corrected chi connectivity index (χ0v) is 24.6. The predicted octanol–water partition coefficient (Wildman–Crippen LogP) is 1.64. The van der Waals surface area contributed by atoms with E-state index in [0.717, 1.165) is 50.9 Å². The van der Waals surface area contributed by atoms with E-state index in [-0.39, 0.29) is 51.0 Å². The average molecular weight is 575 g/mol.